The van der Waals surface area contributed by atoms with Crippen LogP contribution in [0.1, 0.15) is 5.56 Å². The third-order valence-electron chi connectivity index (χ3n) is 3.44. The molecule has 24 heavy (non-hydrogen) atoms. The number of rotatable bonds is 6. The number of hydrogen-bond donors (Lipinski definition) is 1. The molecule has 2 aromatic carbocycles. The van der Waals surface area contributed by atoms with Crippen LogP contribution in [-0.2, 0) is 0 Å². The minimum atomic E-state index is 0.576. The van der Waals surface area contributed by atoms with Crippen LogP contribution in [0.25, 0.3) is 11.4 Å². The Morgan fingerprint density at radius 2 is 1.88 bits per heavy atom. The first-order valence-corrected chi connectivity index (χ1v) is 9.21. The third kappa shape index (κ3) is 3.73. The van der Waals surface area contributed by atoms with Crippen LogP contribution >= 0.6 is 27.7 Å². The molecule has 2 N–H and O–H groups in total. The summed E-state index contributed by atoms with van der Waals surface area (Å²) in [6, 6.07) is 15.8. The maximum absolute atomic E-state index is 6.13. The van der Waals surface area contributed by atoms with Crippen molar-refractivity contribution in [1.82, 2.24) is 14.9 Å². The van der Waals surface area contributed by atoms with E-state index in [0.717, 1.165) is 27.1 Å². The lowest BCUT2D eigenvalue weighted by Crippen LogP contribution is -2.12. The minimum Gasteiger partial charge on any atom is -0.492 e. The van der Waals surface area contributed by atoms with Crippen molar-refractivity contribution >= 4 is 27.7 Å². The van der Waals surface area contributed by atoms with E-state index in [1.54, 1.807) is 0 Å². The second-order valence-corrected chi connectivity index (χ2v) is 7.03. The van der Waals surface area contributed by atoms with Crippen molar-refractivity contribution in [2.75, 3.05) is 18.2 Å². The van der Waals surface area contributed by atoms with Gasteiger partial charge in [0, 0.05) is 15.8 Å². The Labute approximate surface area is 153 Å². The van der Waals surface area contributed by atoms with Crippen LogP contribution in [0, 0.1) is 6.92 Å². The number of nitrogens with two attached hydrogens (primary N) is 1. The van der Waals surface area contributed by atoms with Gasteiger partial charge in [-0.05, 0) is 30.7 Å². The van der Waals surface area contributed by atoms with Gasteiger partial charge in [-0.25, -0.2) is 4.68 Å². The molecule has 0 saturated carbocycles. The van der Waals surface area contributed by atoms with Gasteiger partial charge >= 0.3 is 0 Å². The average Bonchev–Trinajstić information content (AvgIpc) is 2.94. The van der Waals surface area contributed by atoms with Crippen molar-refractivity contribution in [3.05, 3.63) is 58.6 Å². The minimum absolute atomic E-state index is 0.576. The van der Waals surface area contributed by atoms with Gasteiger partial charge in [-0.1, -0.05) is 58.0 Å². The predicted octanol–water partition coefficient (Wildman–Crippen LogP) is 3.90. The maximum atomic E-state index is 6.13. The van der Waals surface area contributed by atoms with Crippen molar-refractivity contribution in [2.24, 2.45) is 0 Å². The Balaban J connectivity index is 1.61. The molecule has 5 nitrogen and oxygen atoms in total. The standard InChI is InChI=1S/C17H17BrN4OS/c1-12-6-2-5-9-15(12)23-10-11-24-17-21-20-16(22(17)19)13-7-3-4-8-14(13)18/h2-9H,10-11,19H2,1H3. The summed E-state index contributed by atoms with van der Waals surface area (Å²) in [6.45, 7) is 2.61. The molecule has 1 aromatic heterocycles. The van der Waals surface area contributed by atoms with Crippen LogP contribution < -0.4 is 10.6 Å². The van der Waals surface area contributed by atoms with Crippen molar-refractivity contribution in [2.45, 2.75) is 12.1 Å². The van der Waals surface area contributed by atoms with E-state index in [9.17, 15) is 0 Å². The molecule has 0 fully saturated rings. The lowest BCUT2D eigenvalue weighted by molar-refractivity contribution is 0.341. The molecule has 0 spiro atoms. The van der Waals surface area contributed by atoms with Gasteiger partial charge < -0.3 is 10.6 Å². The summed E-state index contributed by atoms with van der Waals surface area (Å²) in [6.07, 6.45) is 0. The maximum Gasteiger partial charge on any atom is 0.210 e. The van der Waals surface area contributed by atoms with E-state index in [4.69, 9.17) is 10.6 Å². The topological polar surface area (TPSA) is 66.0 Å². The molecule has 0 saturated heterocycles. The van der Waals surface area contributed by atoms with Crippen molar-refractivity contribution in [1.29, 1.82) is 0 Å². The van der Waals surface area contributed by atoms with Crippen LogP contribution in [0.4, 0.5) is 0 Å². The molecule has 0 aliphatic carbocycles. The highest BCUT2D eigenvalue weighted by Gasteiger charge is 2.14. The highest BCUT2D eigenvalue weighted by atomic mass is 79.9. The first kappa shape index (κ1) is 16.9. The fraction of sp³-hybridized carbons (Fsp3) is 0.176. The van der Waals surface area contributed by atoms with Gasteiger partial charge in [0.15, 0.2) is 5.82 Å². The molecular formula is C17H17BrN4OS. The molecular weight excluding hydrogens is 388 g/mol. The number of aryl methyl sites for hydroxylation is 1. The molecule has 0 atom stereocenters. The fourth-order valence-electron chi connectivity index (χ4n) is 2.20. The lowest BCUT2D eigenvalue weighted by atomic mass is 10.2. The molecule has 3 aromatic rings. The van der Waals surface area contributed by atoms with Gasteiger partial charge in [-0.3, -0.25) is 0 Å². The summed E-state index contributed by atoms with van der Waals surface area (Å²) in [4.78, 5) is 0. The number of halogens is 1. The van der Waals surface area contributed by atoms with Crippen LogP contribution in [0.2, 0.25) is 0 Å². The van der Waals surface area contributed by atoms with Crippen molar-refractivity contribution in [3.8, 4) is 17.1 Å². The number of nitrogens with zero attached hydrogens (tertiary/aromatic N) is 3. The van der Waals surface area contributed by atoms with Gasteiger partial charge in [-0.15, -0.1) is 10.2 Å². The molecule has 1 heterocycles. The van der Waals surface area contributed by atoms with E-state index in [2.05, 4.69) is 26.1 Å². The summed E-state index contributed by atoms with van der Waals surface area (Å²) in [5, 5.41) is 9.03. The molecule has 0 aliphatic rings. The van der Waals surface area contributed by atoms with Gasteiger partial charge in [0.25, 0.3) is 0 Å². The predicted molar refractivity (Wildman–Crippen MR) is 101 cm³/mol. The van der Waals surface area contributed by atoms with Gasteiger partial charge in [0.05, 0.1) is 6.61 Å². The summed E-state index contributed by atoms with van der Waals surface area (Å²) < 4.78 is 8.23. The summed E-state index contributed by atoms with van der Waals surface area (Å²) in [5.41, 5.74) is 2.04. The highest BCUT2D eigenvalue weighted by Crippen LogP contribution is 2.28. The Morgan fingerprint density at radius 1 is 1.12 bits per heavy atom. The zero-order valence-electron chi connectivity index (χ0n) is 13.1. The molecule has 3 rings (SSSR count). The number of ether oxygens (including phenoxy) is 1. The molecule has 0 amide bonds. The SMILES string of the molecule is Cc1ccccc1OCCSc1nnc(-c2ccccc2Br)n1N. The van der Waals surface area contributed by atoms with Crippen LogP contribution in [0.3, 0.4) is 0 Å². The largest absolute Gasteiger partial charge is 0.492 e. The Hall–Kier alpha value is -1.99. The number of para-hydroxylation sites is 1. The zero-order chi connectivity index (χ0) is 16.9. The highest BCUT2D eigenvalue weighted by molar-refractivity contribution is 9.10. The summed E-state index contributed by atoms with van der Waals surface area (Å²) in [7, 11) is 0. The van der Waals surface area contributed by atoms with E-state index in [0.29, 0.717) is 17.6 Å². The van der Waals surface area contributed by atoms with Crippen LogP contribution in [-0.4, -0.2) is 27.2 Å². The first-order chi connectivity index (χ1) is 11.7. The van der Waals surface area contributed by atoms with Gasteiger partial charge in [-0.2, -0.15) is 0 Å². The normalized spacial score (nSPS) is 10.8. The van der Waals surface area contributed by atoms with Crippen LogP contribution in [0.15, 0.2) is 58.2 Å². The van der Waals surface area contributed by atoms with Crippen LogP contribution in [0.5, 0.6) is 5.75 Å². The number of nitrogen functional groups attached to an aromatic ring is 1. The van der Waals surface area contributed by atoms with Crippen molar-refractivity contribution in [3.63, 3.8) is 0 Å². The number of hydrogen-bond acceptors (Lipinski definition) is 5. The first-order valence-electron chi connectivity index (χ1n) is 7.43. The zero-order valence-corrected chi connectivity index (χ0v) is 15.5. The smallest absolute Gasteiger partial charge is 0.210 e. The van der Waals surface area contributed by atoms with E-state index in [-0.39, 0.29) is 0 Å². The van der Waals surface area contributed by atoms with E-state index < -0.39 is 0 Å². The van der Waals surface area contributed by atoms with Gasteiger partial charge in [0.2, 0.25) is 5.16 Å². The summed E-state index contributed by atoms with van der Waals surface area (Å²) in [5.74, 6) is 8.40. The number of thioether (sulfide) groups is 1. The lowest BCUT2D eigenvalue weighted by Gasteiger charge is -2.08. The van der Waals surface area contributed by atoms with Gasteiger partial charge in [0.1, 0.15) is 5.75 Å². The Morgan fingerprint density at radius 3 is 2.67 bits per heavy atom. The molecule has 124 valence electrons. The quantitative estimate of drug-likeness (QED) is 0.383. The van der Waals surface area contributed by atoms with E-state index in [1.807, 2.05) is 55.5 Å². The molecule has 0 bridgehead atoms. The fourth-order valence-corrected chi connectivity index (χ4v) is 3.34. The molecule has 7 heteroatoms. The Kier molecular flexibility index (Phi) is 5.42. The third-order valence-corrected chi connectivity index (χ3v) is 5.04. The second kappa shape index (κ2) is 7.72. The van der Waals surface area contributed by atoms with Crippen molar-refractivity contribution < 1.29 is 4.74 Å². The van der Waals surface area contributed by atoms with E-state index >= 15 is 0 Å². The molecule has 0 aliphatic heterocycles. The summed E-state index contributed by atoms with van der Waals surface area (Å²) >= 11 is 5.03. The molecule has 0 unspecified atom stereocenters. The Bertz CT molecular complexity index is 837. The monoisotopic (exact) mass is 404 g/mol. The average molecular weight is 405 g/mol. The number of aromatic nitrogens is 3. The molecule has 0 radical (unpaired) electrons. The number of benzene rings is 2. The van der Waals surface area contributed by atoms with E-state index in [1.165, 1.54) is 16.4 Å². The second-order valence-electron chi connectivity index (χ2n) is 5.12.